The number of rotatable bonds is 2. The first-order valence-electron chi connectivity index (χ1n) is 9.53. The fraction of sp³-hybridized carbons (Fsp3) is 0.455. The molecule has 4 rings (SSSR count). The Kier molecular flexibility index (Phi) is 4.68. The minimum Gasteiger partial charge on any atom is -0.338 e. The number of nitrogens with zero attached hydrogens (tertiary/aromatic N) is 2. The molecule has 5 heteroatoms. The third-order valence-electron chi connectivity index (χ3n) is 5.75. The molecule has 0 amide bonds. The molecule has 1 atom stereocenters. The van der Waals surface area contributed by atoms with Gasteiger partial charge in [-0.05, 0) is 67.2 Å². The number of fused-ring (bicyclic) bond motifs is 3. The minimum absolute atomic E-state index is 0.340. The van der Waals surface area contributed by atoms with Crippen molar-refractivity contribution in [3.05, 3.63) is 45.1 Å². The third kappa shape index (κ3) is 3.45. The van der Waals surface area contributed by atoms with Gasteiger partial charge in [0.25, 0.3) is 0 Å². The average Bonchev–Trinajstić information content (AvgIpc) is 2.95. The van der Waals surface area contributed by atoms with Gasteiger partial charge in [0.15, 0.2) is 0 Å². The van der Waals surface area contributed by atoms with E-state index in [4.69, 9.17) is 11.6 Å². The lowest BCUT2D eigenvalue weighted by atomic mass is 9.72. The molecule has 0 radical (unpaired) electrons. The zero-order valence-electron chi connectivity index (χ0n) is 16.6. The summed E-state index contributed by atoms with van der Waals surface area (Å²) >= 11 is 8.35. The summed E-state index contributed by atoms with van der Waals surface area (Å²) in [4.78, 5) is 11.7. The number of hydrogen-bond acceptors (Lipinski definition) is 4. The maximum Gasteiger partial charge on any atom is 0.142 e. The van der Waals surface area contributed by atoms with E-state index in [0.29, 0.717) is 5.41 Å². The molecular formula is C22H26ClN3S. The topological polar surface area (TPSA) is 37.8 Å². The quantitative estimate of drug-likeness (QED) is 0.511. The Morgan fingerprint density at radius 1 is 1.19 bits per heavy atom. The lowest BCUT2D eigenvalue weighted by molar-refractivity contribution is 0.218. The fourth-order valence-electron chi connectivity index (χ4n) is 4.14. The Morgan fingerprint density at radius 3 is 2.67 bits per heavy atom. The van der Waals surface area contributed by atoms with Crippen LogP contribution in [0.2, 0.25) is 5.02 Å². The Labute approximate surface area is 170 Å². The van der Waals surface area contributed by atoms with Crippen LogP contribution < -0.4 is 5.32 Å². The molecule has 2 heterocycles. The van der Waals surface area contributed by atoms with E-state index in [0.717, 1.165) is 51.2 Å². The van der Waals surface area contributed by atoms with Crippen molar-refractivity contribution >= 4 is 44.7 Å². The van der Waals surface area contributed by atoms with Gasteiger partial charge in [0.1, 0.15) is 17.0 Å². The molecule has 1 N–H and O–H groups in total. The zero-order chi connectivity index (χ0) is 19.3. The number of halogens is 1. The van der Waals surface area contributed by atoms with Crippen molar-refractivity contribution in [2.75, 3.05) is 5.32 Å². The van der Waals surface area contributed by atoms with Gasteiger partial charge in [0, 0.05) is 4.88 Å². The number of aromatic nitrogens is 2. The standard InChI is InChI=1S/C22H26ClN3S/c1-12-8-13(2)19(16(23)9-12)26-20-18-15-7-6-14(22(3,4)5)10-17(15)27-21(18)25-11-24-20/h8-9,11,14H,6-7,10H2,1-5H3,(H,24,25,26). The van der Waals surface area contributed by atoms with Crippen LogP contribution in [0.25, 0.3) is 10.2 Å². The first-order valence-corrected chi connectivity index (χ1v) is 10.7. The summed E-state index contributed by atoms with van der Waals surface area (Å²) in [5.41, 5.74) is 5.00. The van der Waals surface area contributed by atoms with Gasteiger partial charge >= 0.3 is 0 Å². The summed E-state index contributed by atoms with van der Waals surface area (Å²) in [6, 6.07) is 4.13. The summed E-state index contributed by atoms with van der Waals surface area (Å²) < 4.78 is 0. The minimum atomic E-state index is 0.340. The van der Waals surface area contributed by atoms with Crippen LogP contribution in [0.1, 0.15) is 48.8 Å². The number of nitrogens with one attached hydrogen (secondary N) is 1. The predicted molar refractivity (Wildman–Crippen MR) is 117 cm³/mol. The maximum absolute atomic E-state index is 6.52. The van der Waals surface area contributed by atoms with Crippen LogP contribution in [-0.4, -0.2) is 9.97 Å². The van der Waals surface area contributed by atoms with Gasteiger partial charge in [0.2, 0.25) is 0 Å². The number of hydrogen-bond donors (Lipinski definition) is 1. The predicted octanol–water partition coefficient (Wildman–Crippen LogP) is 6.86. The Hall–Kier alpha value is -1.65. The van der Waals surface area contributed by atoms with E-state index in [-0.39, 0.29) is 0 Å². The fourth-order valence-corrected chi connectivity index (χ4v) is 5.77. The van der Waals surface area contributed by atoms with Crippen LogP contribution in [0.5, 0.6) is 0 Å². The number of benzene rings is 1. The molecule has 1 aliphatic carbocycles. The van der Waals surface area contributed by atoms with E-state index in [1.54, 1.807) is 6.33 Å². The zero-order valence-corrected chi connectivity index (χ0v) is 18.2. The molecule has 2 aromatic heterocycles. The van der Waals surface area contributed by atoms with Crippen LogP contribution >= 0.6 is 22.9 Å². The van der Waals surface area contributed by atoms with E-state index >= 15 is 0 Å². The van der Waals surface area contributed by atoms with Gasteiger partial charge in [-0.15, -0.1) is 11.3 Å². The molecule has 0 saturated heterocycles. The van der Waals surface area contributed by atoms with Gasteiger partial charge in [-0.3, -0.25) is 0 Å². The molecule has 0 saturated carbocycles. The largest absolute Gasteiger partial charge is 0.338 e. The second-order valence-corrected chi connectivity index (χ2v) is 10.3. The molecular weight excluding hydrogens is 374 g/mol. The Balaban J connectivity index is 1.77. The smallest absolute Gasteiger partial charge is 0.142 e. The summed E-state index contributed by atoms with van der Waals surface area (Å²) in [5, 5.41) is 5.43. The normalized spacial score (nSPS) is 17.2. The number of anilines is 2. The van der Waals surface area contributed by atoms with Gasteiger partial charge in [-0.1, -0.05) is 38.4 Å². The SMILES string of the molecule is Cc1cc(C)c(Nc2ncnc3sc4c(c23)CCC(C(C)(C)C)C4)c(Cl)c1. The number of thiophene rings is 1. The van der Waals surface area contributed by atoms with Crippen molar-refractivity contribution in [1.29, 1.82) is 0 Å². The Morgan fingerprint density at radius 2 is 1.96 bits per heavy atom. The molecule has 3 nitrogen and oxygen atoms in total. The Bertz CT molecular complexity index is 993. The molecule has 1 unspecified atom stereocenters. The molecule has 142 valence electrons. The van der Waals surface area contributed by atoms with Crippen molar-refractivity contribution in [2.24, 2.45) is 11.3 Å². The average molecular weight is 400 g/mol. The van der Waals surface area contributed by atoms with E-state index in [9.17, 15) is 0 Å². The molecule has 3 aromatic rings. The highest BCUT2D eigenvalue weighted by molar-refractivity contribution is 7.19. The lowest BCUT2D eigenvalue weighted by Crippen LogP contribution is -2.26. The molecule has 0 bridgehead atoms. The van der Waals surface area contributed by atoms with E-state index in [2.05, 4.69) is 56.0 Å². The van der Waals surface area contributed by atoms with Crippen LogP contribution in [-0.2, 0) is 12.8 Å². The van der Waals surface area contributed by atoms with Crippen molar-refractivity contribution in [3.63, 3.8) is 0 Å². The van der Waals surface area contributed by atoms with Crippen molar-refractivity contribution in [2.45, 2.75) is 53.9 Å². The highest BCUT2D eigenvalue weighted by Gasteiger charge is 2.31. The van der Waals surface area contributed by atoms with Crippen molar-refractivity contribution in [1.82, 2.24) is 9.97 Å². The maximum atomic E-state index is 6.52. The molecule has 0 aliphatic heterocycles. The molecule has 0 fully saturated rings. The summed E-state index contributed by atoms with van der Waals surface area (Å²) in [5.74, 6) is 1.59. The van der Waals surface area contributed by atoms with Crippen LogP contribution in [0.15, 0.2) is 18.5 Å². The number of aryl methyl sites for hydroxylation is 3. The lowest BCUT2D eigenvalue weighted by Gasteiger charge is -2.33. The summed E-state index contributed by atoms with van der Waals surface area (Å²) in [6.07, 6.45) is 5.12. The third-order valence-corrected chi connectivity index (χ3v) is 7.21. The van der Waals surface area contributed by atoms with Gasteiger partial charge in [0.05, 0.1) is 16.1 Å². The summed E-state index contributed by atoms with van der Waals surface area (Å²) in [7, 11) is 0. The van der Waals surface area contributed by atoms with Gasteiger partial charge in [-0.25, -0.2) is 9.97 Å². The van der Waals surface area contributed by atoms with Gasteiger partial charge < -0.3 is 5.32 Å². The van der Waals surface area contributed by atoms with Crippen LogP contribution in [0.3, 0.4) is 0 Å². The molecule has 0 spiro atoms. The molecule has 27 heavy (non-hydrogen) atoms. The van der Waals surface area contributed by atoms with Crippen LogP contribution in [0, 0.1) is 25.2 Å². The van der Waals surface area contributed by atoms with E-state index in [1.807, 2.05) is 17.4 Å². The highest BCUT2D eigenvalue weighted by atomic mass is 35.5. The van der Waals surface area contributed by atoms with Crippen LogP contribution in [0.4, 0.5) is 11.5 Å². The second-order valence-electron chi connectivity index (χ2n) is 8.78. The van der Waals surface area contributed by atoms with Crippen molar-refractivity contribution < 1.29 is 0 Å². The highest BCUT2D eigenvalue weighted by Crippen LogP contribution is 2.45. The molecule has 1 aliphatic rings. The van der Waals surface area contributed by atoms with E-state index < -0.39 is 0 Å². The van der Waals surface area contributed by atoms with Crippen molar-refractivity contribution in [3.8, 4) is 0 Å². The first-order chi connectivity index (χ1) is 12.7. The van der Waals surface area contributed by atoms with Gasteiger partial charge in [-0.2, -0.15) is 0 Å². The first kappa shape index (κ1) is 18.7. The molecule has 1 aromatic carbocycles. The monoisotopic (exact) mass is 399 g/mol. The second kappa shape index (κ2) is 6.75. The van der Waals surface area contributed by atoms with E-state index in [1.165, 1.54) is 22.2 Å². The summed E-state index contributed by atoms with van der Waals surface area (Å²) in [6.45, 7) is 11.2.